The minimum Gasteiger partial charge on any atom is -0.465 e. The number of hydrogen-bond donors (Lipinski definition) is 1. The van der Waals surface area contributed by atoms with E-state index in [1.165, 1.54) is 19.2 Å². The first-order valence-corrected chi connectivity index (χ1v) is 10.1. The Kier molecular flexibility index (Phi) is 7.46. The Labute approximate surface area is 177 Å². The zero-order valence-corrected chi connectivity index (χ0v) is 18.2. The van der Waals surface area contributed by atoms with Gasteiger partial charge in [0.05, 0.1) is 28.1 Å². The lowest BCUT2D eigenvalue weighted by atomic mass is 10.1. The van der Waals surface area contributed by atoms with E-state index in [0.717, 1.165) is 11.3 Å². The van der Waals surface area contributed by atoms with Crippen molar-refractivity contribution in [3.05, 3.63) is 49.8 Å². The summed E-state index contributed by atoms with van der Waals surface area (Å²) < 4.78 is 4.84. The molecule has 150 valence electrons. The molecule has 0 bridgehead atoms. The van der Waals surface area contributed by atoms with Crippen LogP contribution in [0.5, 0.6) is 0 Å². The average molecular weight is 443 g/mol. The molecular weight excluding hydrogens is 423 g/mol. The van der Waals surface area contributed by atoms with E-state index in [-0.39, 0.29) is 27.1 Å². The summed E-state index contributed by atoms with van der Waals surface area (Å²) >= 11 is 13.1. The number of methoxy groups -OCH3 is 1. The van der Waals surface area contributed by atoms with Gasteiger partial charge in [0.1, 0.15) is 5.00 Å². The summed E-state index contributed by atoms with van der Waals surface area (Å²) in [5, 5.41) is 3.46. The predicted octanol–water partition coefficient (Wildman–Crippen LogP) is 4.88. The van der Waals surface area contributed by atoms with Gasteiger partial charge < -0.3 is 15.0 Å². The number of carbonyl (C=O) groups excluding carboxylic acids is 3. The van der Waals surface area contributed by atoms with Crippen LogP contribution < -0.4 is 5.32 Å². The van der Waals surface area contributed by atoms with E-state index < -0.39 is 11.9 Å². The number of anilines is 1. The van der Waals surface area contributed by atoms with Crippen LogP contribution in [0.1, 0.15) is 49.8 Å². The van der Waals surface area contributed by atoms with E-state index >= 15 is 0 Å². The summed E-state index contributed by atoms with van der Waals surface area (Å²) in [6.45, 7) is 6.45. The number of esters is 1. The van der Waals surface area contributed by atoms with E-state index in [1.54, 1.807) is 17.9 Å². The second-order valence-electron chi connectivity index (χ2n) is 5.81. The third-order valence-electron chi connectivity index (χ3n) is 4.18. The van der Waals surface area contributed by atoms with Crippen molar-refractivity contribution in [2.75, 3.05) is 25.5 Å². The maximum absolute atomic E-state index is 12.8. The van der Waals surface area contributed by atoms with Gasteiger partial charge in [-0.2, -0.15) is 0 Å². The minimum absolute atomic E-state index is 0.148. The quantitative estimate of drug-likeness (QED) is 0.646. The minimum atomic E-state index is -0.639. The van der Waals surface area contributed by atoms with Crippen molar-refractivity contribution in [2.24, 2.45) is 0 Å². The highest BCUT2D eigenvalue weighted by molar-refractivity contribution is 7.18. The molecule has 0 saturated heterocycles. The highest BCUT2D eigenvalue weighted by Gasteiger charge is 2.28. The van der Waals surface area contributed by atoms with Gasteiger partial charge in [-0.15, -0.1) is 11.3 Å². The number of benzene rings is 1. The molecule has 0 fully saturated rings. The SMILES string of the molecule is CCN(CC)C(=O)c1sc(NC(=O)c2cc(Cl)ccc2Cl)c(C(=O)OC)c1C. The number of nitrogens with one attached hydrogen (secondary N) is 1. The number of halogens is 2. The van der Waals surface area contributed by atoms with Crippen molar-refractivity contribution >= 4 is 57.3 Å². The van der Waals surface area contributed by atoms with E-state index in [9.17, 15) is 14.4 Å². The highest BCUT2D eigenvalue weighted by atomic mass is 35.5. The van der Waals surface area contributed by atoms with Crippen molar-refractivity contribution in [1.82, 2.24) is 4.90 Å². The lowest BCUT2D eigenvalue weighted by molar-refractivity contribution is 0.0601. The van der Waals surface area contributed by atoms with Crippen LogP contribution in [0, 0.1) is 6.92 Å². The molecule has 2 aromatic rings. The smallest absolute Gasteiger partial charge is 0.341 e. The van der Waals surface area contributed by atoms with Crippen LogP contribution in [0.2, 0.25) is 10.0 Å². The molecule has 2 rings (SSSR count). The monoisotopic (exact) mass is 442 g/mol. The standard InChI is InChI=1S/C19H20Cl2N2O4S/c1-5-23(6-2)18(25)15-10(3)14(19(26)27-4)17(28-15)22-16(24)12-9-11(20)7-8-13(12)21/h7-9H,5-6H2,1-4H3,(H,22,24). The van der Waals surface area contributed by atoms with E-state index in [2.05, 4.69) is 5.32 Å². The Hall–Kier alpha value is -2.09. The Morgan fingerprint density at radius 2 is 1.82 bits per heavy atom. The number of hydrogen-bond acceptors (Lipinski definition) is 5. The molecule has 0 spiro atoms. The molecule has 0 aliphatic heterocycles. The second-order valence-corrected chi connectivity index (χ2v) is 7.67. The number of nitrogens with zero attached hydrogens (tertiary/aromatic N) is 1. The molecule has 0 radical (unpaired) electrons. The molecule has 9 heteroatoms. The summed E-state index contributed by atoms with van der Waals surface area (Å²) in [6, 6.07) is 4.51. The normalized spacial score (nSPS) is 10.5. The van der Waals surface area contributed by atoms with E-state index in [1.807, 2.05) is 13.8 Å². The molecule has 1 N–H and O–H groups in total. The van der Waals surface area contributed by atoms with Crippen molar-refractivity contribution < 1.29 is 19.1 Å². The zero-order valence-electron chi connectivity index (χ0n) is 15.9. The van der Waals surface area contributed by atoms with Gasteiger partial charge in [0.15, 0.2) is 0 Å². The van der Waals surface area contributed by atoms with Crippen LogP contribution in [0.15, 0.2) is 18.2 Å². The van der Waals surface area contributed by atoms with Gasteiger partial charge in [-0.05, 0) is 44.5 Å². The maximum Gasteiger partial charge on any atom is 0.341 e. The third kappa shape index (κ3) is 4.48. The lowest BCUT2D eigenvalue weighted by Crippen LogP contribution is -2.30. The molecular formula is C19H20Cl2N2O4S. The van der Waals surface area contributed by atoms with Crippen LogP contribution in [0.4, 0.5) is 5.00 Å². The van der Waals surface area contributed by atoms with Gasteiger partial charge in [-0.25, -0.2) is 4.79 Å². The van der Waals surface area contributed by atoms with Crippen LogP contribution in [-0.2, 0) is 4.74 Å². The predicted molar refractivity (Wildman–Crippen MR) is 112 cm³/mol. The van der Waals surface area contributed by atoms with Crippen LogP contribution in [0.3, 0.4) is 0 Å². The maximum atomic E-state index is 12.8. The van der Waals surface area contributed by atoms with Gasteiger partial charge in [-0.3, -0.25) is 9.59 Å². The fourth-order valence-electron chi connectivity index (χ4n) is 2.65. The molecule has 0 aliphatic rings. The summed E-state index contributed by atoms with van der Waals surface area (Å²) in [4.78, 5) is 39.8. The molecule has 0 aliphatic carbocycles. The first-order chi connectivity index (χ1) is 13.2. The lowest BCUT2D eigenvalue weighted by Gasteiger charge is -2.17. The third-order valence-corrected chi connectivity index (χ3v) is 5.94. The fraction of sp³-hybridized carbons (Fsp3) is 0.316. The molecule has 0 unspecified atom stereocenters. The Morgan fingerprint density at radius 1 is 1.18 bits per heavy atom. The molecule has 6 nitrogen and oxygen atoms in total. The van der Waals surface area contributed by atoms with Crippen LogP contribution in [0.25, 0.3) is 0 Å². The largest absolute Gasteiger partial charge is 0.465 e. The summed E-state index contributed by atoms with van der Waals surface area (Å²) in [6.07, 6.45) is 0. The number of thiophene rings is 1. The fourth-order valence-corrected chi connectivity index (χ4v) is 4.18. The Morgan fingerprint density at radius 3 is 2.39 bits per heavy atom. The summed E-state index contributed by atoms with van der Waals surface area (Å²) in [5.41, 5.74) is 0.767. The molecule has 1 aromatic carbocycles. The van der Waals surface area contributed by atoms with Gasteiger partial charge in [0.25, 0.3) is 11.8 Å². The Balaban J connectivity index is 2.49. The number of rotatable bonds is 6. The van der Waals surface area contributed by atoms with Gasteiger partial charge in [0, 0.05) is 18.1 Å². The van der Waals surface area contributed by atoms with E-state index in [4.69, 9.17) is 27.9 Å². The molecule has 0 saturated carbocycles. The highest BCUT2D eigenvalue weighted by Crippen LogP contribution is 2.35. The first kappa shape index (κ1) is 22.2. The molecule has 28 heavy (non-hydrogen) atoms. The zero-order chi connectivity index (χ0) is 21.0. The first-order valence-electron chi connectivity index (χ1n) is 8.52. The molecule has 2 amide bonds. The van der Waals surface area contributed by atoms with Crippen molar-refractivity contribution in [3.8, 4) is 0 Å². The average Bonchev–Trinajstić information content (AvgIpc) is 2.99. The van der Waals surface area contributed by atoms with Crippen molar-refractivity contribution in [1.29, 1.82) is 0 Å². The Bertz CT molecular complexity index is 923. The van der Waals surface area contributed by atoms with Gasteiger partial charge in [0.2, 0.25) is 0 Å². The van der Waals surface area contributed by atoms with Crippen molar-refractivity contribution in [3.63, 3.8) is 0 Å². The van der Waals surface area contributed by atoms with Gasteiger partial charge in [-0.1, -0.05) is 23.2 Å². The number of carbonyl (C=O) groups is 3. The topological polar surface area (TPSA) is 75.7 Å². The van der Waals surface area contributed by atoms with E-state index in [0.29, 0.717) is 28.6 Å². The van der Waals surface area contributed by atoms with Crippen LogP contribution in [-0.4, -0.2) is 42.9 Å². The molecule has 1 aromatic heterocycles. The number of ether oxygens (including phenoxy) is 1. The summed E-state index contributed by atoms with van der Waals surface area (Å²) in [7, 11) is 1.24. The number of amides is 2. The van der Waals surface area contributed by atoms with Gasteiger partial charge >= 0.3 is 5.97 Å². The van der Waals surface area contributed by atoms with Crippen molar-refractivity contribution in [2.45, 2.75) is 20.8 Å². The molecule has 0 atom stereocenters. The molecule has 1 heterocycles. The van der Waals surface area contributed by atoms with Crippen LogP contribution >= 0.6 is 34.5 Å². The second kappa shape index (κ2) is 9.41. The summed E-state index contributed by atoms with van der Waals surface area (Å²) in [5.74, 6) is -1.39.